The van der Waals surface area contributed by atoms with E-state index in [0.29, 0.717) is 12.0 Å². The van der Waals surface area contributed by atoms with E-state index in [4.69, 9.17) is 0 Å². The van der Waals surface area contributed by atoms with Gasteiger partial charge in [-0.25, -0.2) is 4.99 Å². The molecule has 1 saturated heterocycles. The van der Waals surface area contributed by atoms with E-state index >= 15 is 0 Å². The zero-order valence-corrected chi connectivity index (χ0v) is 17.3. The van der Waals surface area contributed by atoms with Crippen molar-refractivity contribution in [3.63, 3.8) is 0 Å². The van der Waals surface area contributed by atoms with Gasteiger partial charge >= 0.3 is 0 Å². The number of hydrogen-bond acceptors (Lipinski definition) is 4. The Labute approximate surface area is 161 Å². The van der Waals surface area contributed by atoms with E-state index in [9.17, 15) is 4.79 Å². The van der Waals surface area contributed by atoms with Gasteiger partial charge in [0.15, 0.2) is 5.96 Å². The molecule has 1 fully saturated rings. The first-order valence-corrected chi connectivity index (χ1v) is 10.4. The average molecular weight is 380 g/mol. The number of rotatable bonds is 7. The first kappa shape index (κ1) is 20.7. The fourth-order valence-electron chi connectivity index (χ4n) is 3.09. The molecule has 1 atom stereocenters. The van der Waals surface area contributed by atoms with Crippen molar-refractivity contribution in [3.8, 4) is 0 Å². The third-order valence-corrected chi connectivity index (χ3v) is 5.13. The number of likely N-dealkylation sites (tertiary alicyclic amines) is 1. The molecule has 0 bridgehead atoms. The van der Waals surface area contributed by atoms with Crippen molar-refractivity contribution in [2.45, 2.75) is 52.1 Å². The molecule has 0 aliphatic carbocycles. The van der Waals surface area contributed by atoms with Gasteiger partial charge in [-0.2, -0.15) is 0 Å². The summed E-state index contributed by atoms with van der Waals surface area (Å²) in [6.45, 7) is 11.9. The van der Waals surface area contributed by atoms with Crippen molar-refractivity contribution < 1.29 is 4.79 Å². The van der Waals surface area contributed by atoms with Crippen LogP contribution in [0.15, 0.2) is 22.5 Å². The maximum Gasteiger partial charge on any atom is 0.242 e. The number of carbonyl (C=O) groups is 1. The van der Waals surface area contributed by atoms with Gasteiger partial charge in [0.2, 0.25) is 5.91 Å². The fourth-order valence-corrected chi connectivity index (χ4v) is 3.95. The summed E-state index contributed by atoms with van der Waals surface area (Å²) in [5.74, 6) is 0.626. The van der Waals surface area contributed by atoms with Gasteiger partial charge in [-0.1, -0.05) is 6.07 Å². The molecule has 6 nitrogen and oxygen atoms in total. The third kappa shape index (κ3) is 6.96. The Morgan fingerprint density at radius 1 is 1.31 bits per heavy atom. The van der Waals surface area contributed by atoms with Gasteiger partial charge in [0.1, 0.15) is 6.54 Å². The van der Waals surface area contributed by atoms with Crippen LogP contribution in [0.4, 0.5) is 0 Å². The number of amides is 1. The number of nitrogens with zero attached hydrogens (tertiary/aromatic N) is 2. The van der Waals surface area contributed by atoms with Crippen molar-refractivity contribution in [1.82, 2.24) is 20.9 Å². The van der Waals surface area contributed by atoms with Crippen molar-refractivity contribution in [2.75, 3.05) is 32.7 Å². The lowest BCUT2D eigenvalue weighted by molar-refractivity contribution is -0.121. The van der Waals surface area contributed by atoms with Crippen LogP contribution in [-0.4, -0.2) is 55.0 Å². The maximum atomic E-state index is 12.0. The zero-order valence-electron chi connectivity index (χ0n) is 16.5. The fraction of sp³-hybridized carbons (Fsp3) is 0.684. The highest BCUT2D eigenvalue weighted by atomic mass is 32.1. The molecule has 1 unspecified atom stereocenters. The van der Waals surface area contributed by atoms with Gasteiger partial charge < -0.3 is 16.0 Å². The van der Waals surface area contributed by atoms with Crippen LogP contribution in [0, 0.1) is 0 Å². The minimum absolute atomic E-state index is 0.0657. The van der Waals surface area contributed by atoms with E-state index < -0.39 is 0 Å². The number of nitrogens with one attached hydrogen (secondary N) is 3. The monoisotopic (exact) mass is 379 g/mol. The van der Waals surface area contributed by atoms with Gasteiger partial charge in [-0.3, -0.25) is 9.69 Å². The summed E-state index contributed by atoms with van der Waals surface area (Å²) in [7, 11) is 0. The average Bonchev–Trinajstić information content (AvgIpc) is 3.25. The second-order valence-electron chi connectivity index (χ2n) is 7.65. The first-order chi connectivity index (χ1) is 12.4. The summed E-state index contributed by atoms with van der Waals surface area (Å²) in [5, 5.41) is 11.7. The van der Waals surface area contributed by atoms with Crippen LogP contribution in [0.5, 0.6) is 0 Å². The summed E-state index contributed by atoms with van der Waals surface area (Å²) in [6.07, 6.45) is 2.53. The van der Waals surface area contributed by atoms with Crippen molar-refractivity contribution >= 4 is 23.2 Å². The summed E-state index contributed by atoms with van der Waals surface area (Å²) < 4.78 is 0. The second-order valence-corrected chi connectivity index (χ2v) is 8.63. The molecule has 2 rings (SSSR count). The summed E-state index contributed by atoms with van der Waals surface area (Å²) in [4.78, 5) is 20.4. The summed E-state index contributed by atoms with van der Waals surface area (Å²) in [5.41, 5.74) is -0.238. The molecule has 3 N–H and O–H groups in total. The molecule has 0 radical (unpaired) electrons. The Balaban J connectivity index is 1.96. The molecule has 146 valence electrons. The van der Waals surface area contributed by atoms with Crippen LogP contribution >= 0.6 is 11.3 Å². The van der Waals surface area contributed by atoms with Crippen LogP contribution < -0.4 is 16.0 Å². The molecule has 0 saturated carbocycles. The molecule has 1 aromatic heterocycles. The molecule has 2 heterocycles. The summed E-state index contributed by atoms with van der Waals surface area (Å²) >= 11 is 1.80. The minimum Gasteiger partial charge on any atom is -0.357 e. The summed E-state index contributed by atoms with van der Waals surface area (Å²) in [6, 6.07) is 4.67. The number of hydrogen-bond donors (Lipinski definition) is 3. The van der Waals surface area contributed by atoms with Crippen LogP contribution in [0.25, 0.3) is 0 Å². The predicted octanol–water partition coefficient (Wildman–Crippen LogP) is 2.35. The van der Waals surface area contributed by atoms with Gasteiger partial charge in [-0.05, 0) is 65.1 Å². The molecule has 1 aliphatic heterocycles. The molecule has 7 heteroatoms. The number of thiophene rings is 1. The van der Waals surface area contributed by atoms with E-state index in [1.807, 2.05) is 27.7 Å². The number of carbonyl (C=O) groups excluding carboxylic acids is 1. The number of guanidine groups is 1. The Morgan fingerprint density at radius 3 is 2.62 bits per heavy atom. The molecule has 0 aromatic carbocycles. The quantitative estimate of drug-likeness (QED) is 0.502. The Hall–Kier alpha value is -1.60. The standard InChI is InChI=1S/C19H33N5OS/c1-5-20-18(22-14-17(25)23-19(2,3)4)21-13-15(16-9-8-12-26-16)24-10-6-7-11-24/h8-9,12,15H,5-7,10-11,13-14H2,1-4H3,(H,23,25)(H2,20,21,22). The van der Waals surface area contributed by atoms with Gasteiger partial charge in [0, 0.05) is 23.5 Å². The first-order valence-electron chi connectivity index (χ1n) is 9.49. The van der Waals surface area contributed by atoms with Crippen molar-refractivity contribution in [2.24, 2.45) is 4.99 Å². The van der Waals surface area contributed by atoms with Crippen LogP contribution in [0.3, 0.4) is 0 Å². The largest absolute Gasteiger partial charge is 0.357 e. The molecular formula is C19H33N5OS. The van der Waals surface area contributed by atoms with Crippen LogP contribution in [0.2, 0.25) is 0 Å². The van der Waals surface area contributed by atoms with E-state index in [2.05, 4.69) is 43.4 Å². The highest BCUT2D eigenvalue weighted by Gasteiger charge is 2.24. The Bertz CT molecular complexity index is 573. The number of aliphatic imine (C=N–C) groups is 1. The highest BCUT2D eigenvalue weighted by molar-refractivity contribution is 7.10. The van der Waals surface area contributed by atoms with Crippen LogP contribution in [-0.2, 0) is 4.79 Å². The van der Waals surface area contributed by atoms with Gasteiger partial charge in [0.25, 0.3) is 0 Å². The molecule has 26 heavy (non-hydrogen) atoms. The zero-order chi connectivity index (χ0) is 19.0. The molecule has 1 aliphatic rings. The smallest absolute Gasteiger partial charge is 0.242 e. The lowest BCUT2D eigenvalue weighted by Gasteiger charge is -2.27. The molecule has 1 aromatic rings. The molecule has 1 amide bonds. The molecular weight excluding hydrogens is 346 g/mol. The lowest BCUT2D eigenvalue weighted by atomic mass is 10.1. The van der Waals surface area contributed by atoms with Gasteiger partial charge in [-0.15, -0.1) is 11.3 Å². The second kappa shape index (κ2) is 9.92. The van der Waals surface area contributed by atoms with E-state index in [1.165, 1.54) is 17.7 Å². The topological polar surface area (TPSA) is 68.8 Å². The SMILES string of the molecule is CCNC(=NCC(=O)NC(C)(C)C)NCC(c1cccs1)N1CCCC1. The van der Waals surface area contributed by atoms with Gasteiger partial charge in [0.05, 0.1) is 6.04 Å². The Morgan fingerprint density at radius 2 is 2.04 bits per heavy atom. The Kier molecular flexibility index (Phi) is 7.90. The highest BCUT2D eigenvalue weighted by Crippen LogP contribution is 2.27. The van der Waals surface area contributed by atoms with E-state index in [1.54, 1.807) is 11.3 Å². The van der Waals surface area contributed by atoms with E-state index in [-0.39, 0.29) is 18.0 Å². The molecule has 0 spiro atoms. The minimum atomic E-state index is -0.238. The van der Waals surface area contributed by atoms with Crippen LogP contribution in [0.1, 0.15) is 51.5 Å². The lowest BCUT2D eigenvalue weighted by Crippen LogP contribution is -2.44. The third-order valence-electron chi connectivity index (χ3n) is 4.16. The van der Waals surface area contributed by atoms with E-state index in [0.717, 1.165) is 26.2 Å². The normalized spacial score (nSPS) is 17.2. The van der Waals surface area contributed by atoms with Crippen molar-refractivity contribution in [1.29, 1.82) is 0 Å². The maximum absolute atomic E-state index is 12.0. The van der Waals surface area contributed by atoms with Crippen molar-refractivity contribution in [3.05, 3.63) is 22.4 Å². The predicted molar refractivity (Wildman–Crippen MR) is 110 cm³/mol.